The van der Waals surface area contributed by atoms with Crippen LogP contribution in [0, 0.1) is 5.82 Å². The van der Waals surface area contributed by atoms with Crippen molar-refractivity contribution in [2.24, 2.45) is 0 Å². The SMILES string of the molecule is Fc1cc(Nc2ncnc3c2ncn3C2CC2)ccc1Cl. The molecule has 0 unspecified atom stereocenters. The topological polar surface area (TPSA) is 55.6 Å². The zero-order chi connectivity index (χ0) is 14.4. The van der Waals surface area contributed by atoms with Crippen molar-refractivity contribution >= 4 is 34.3 Å². The van der Waals surface area contributed by atoms with E-state index >= 15 is 0 Å². The molecule has 2 heterocycles. The Bertz CT molecular complexity index is 827. The highest BCUT2D eigenvalue weighted by molar-refractivity contribution is 6.30. The second-order valence-electron chi connectivity index (χ2n) is 5.03. The van der Waals surface area contributed by atoms with E-state index in [9.17, 15) is 4.39 Å². The number of nitrogens with zero attached hydrogens (tertiary/aromatic N) is 4. The molecule has 5 nitrogen and oxygen atoms in total. The summed E-state index contributed by atoms with van der Waals surface area (Å²) >= 11 is 5.68. The molecule has 3 aromatic rings. The summed E-state index contributed by atoms with van der Waals surface area (Å²) in [7, 11) is 0. The van der Waals surface area contributed by atoms with Gasteiger partial charge >= 0.3 is 0 Å². The van der Waals surface area contributed by atoms with Crippen molar-refractivity contribution in [2.75, 3.05) is 5.32 Å². The van der Waals surface area contributed by atoms with Crippen molar-refractivity contribution in [3.63, 3.8) is 0 Å². The summed E-state index contributed by atoms with van der Waals surface area (Å²) in [6, 6.07) is 5.01. The summed E-state index contributed by atoms with van der Waals surface area (Å²) in [4.78, 5) is 12.9. The van der Waals surface area contributed by atoms with Crippen molar-refractivity contribution in [3.05, 3.63) is 41.7 Å². The van der Waals surface area contributed by atoms with E-state index in [1.165, 1.54) is 18.5 Å². The maximum absolute atomic E-state index is 13.5. The van der Waals surface area contributed by atoms with Gasteiger partial charge in [0.2, 0.25) is 0 Å². The first kappa shape index (κ1) is 12.5. The molecular weight excluding hydrogens is 293 g/mol. The lowest BCUT2D eigenvalue weighted by Gasteiger charge is -2.07. The van der Waals surface area contributed by atoms with Gasteiger partial charge in [-0.15, -0.1) is 0 Å². The quantitative estimate of drug-likeness (QED) is 0.801. The summed E-state index contributed by atoms with van der Waals surface area (Å²) in [5.74, 6) is 0.0802. The van der Waals surface area contributed by atoms with Crippen molar-refractivity contribution in [2.45, 2.75) is 18.9 Å². The molecule has 0 amide bonds. The predicted molar refractivity (Wildman–Crippen MR) is 78.3 cm³/mol. The number of anilines is 2. The maximum Gasteiger partial charge on any atom is 0.165 e. The second-order valence-corrected chi connectivity index (χ2v) is 5.44. The van der Waals surface area contributed by atoms with E-state index in [1.54, 1.807) is 12.4 Å². The van der Waals surface area contributed by atoms with Crippen LogP contribution in [0.1, 0.15) is 18.9 Å². The molecule has 0 radical (unpaired) electrons. The van der Waals surface area contributed by atoms with E-state index in [0.717, 1.165) is 18.5 Å². The normalized spacial score (nSPS) is 14.6. The van der Waals surface area contributed by atoms with Gasteiger partial charge in [-0.3, -0.25) is 0 Å². The molecule has 1 N–H and O–H groups in total. The molecule has 1 aliphatic rings. The minimum absolute atomic E-state index is 0.0893. The molecule has 7 heteroatoms. The highest BCUT2D eigenvalue weighted by atomic mass is 35.5. The molecule has 0 saturated heterocycles. The lowest BCUT2D eigenvalue weighted by atomic mass is 10.3. The Kier molecular flexibility index (Phi) is 2.78. The van der Waals surface area contributed by atoms with Gasteiger partial charge in [-0.25, -0.2) is 19.3 Å². The fourth-order valence-electron chi connectivity index (χ4n) is 2.27. The minimum Gasteiger partial charge on any atom is -0.338 e. The zero-order valence-electron chi connectivity index (χ0n) is 10.9. The van der Waals surface area contributed by atoms with Crippen LogP contribution in [0.5, 0.6) is 0 Å². The third kappa shape index (κ3) is 2.21. The highest BCUT2D eigenvalue weighted by Gasteiger charge is 2.26. The monoisotopic (exact) mass is 303 g/mol. The lowest BCUT2D eigenvalue weighted by molar-refractivity contribution is 0.629. The lowest BCUT2D eigenvalue weighted by Crippen LogP contribution is -1.98. The fourth-order valence-corrected chi connectivity index (χ4v) is 2.39. The summed E-state index contributed by atoms with van der Waals surface area (Å²) in [5, 5.41) is 3.15. The van der Waals surface area contributed by atoms with Gasteiger partial charge in [-0.05, 0) is 31.0 Å². The third-order valence-corrected chi connectivity index (χ3v) is 3.79. The van der Waals surface area contributed by atoms with Crippen molar-refractivity contribution in [1.82, 2.24) is 19.5 Å². The van der Waals surface area contributed by atoms with Gasteiger partial charge in [0.05, 0.1) is 11.3 Å². The van der Waals surface area contributed by atoms with Crippen molar-refractivity contribution in [3.8, 4) is 0 Å². The fraction of sp³-hybridized carbons (Fsp3) is 0.214. The summed E-state index contributed by atoms with van der Waals surface area (Å²) in [6.45, 7) is 0. The molecule has 21 heavy (non-hydrogen) atoms. The smallest absolute Gasteiger partial charge is 0.165 e. The van der Waals surface area contributed by atoms with Crippen LogP contribution in [0.15, 0.2) is 30.9 Å². The van der Waals surface area contributed by atoms with E-state index in [0.29, 0.717) is 23.1 Å². The third-order valence-electron chi connectivity index (χ3n) is 3.48. The van der Waals surface area contributed by atoms with Crippen LogP contribution in [0.4, 0.5) is 15.9 Å². The second kappa shape index (κ2) is 4.66. The van der Waals surface area contributed by atoms with Crippen LogP contribution in [0.25, 0.3) is 11.2 Å². The molecular formula is C14H11ClFN5. The number of hydrogen-bond donors (Lipinski definition) is 1. The molecule has 4 rings (SSSR count). The van der Waals surface area contributed by atoms with Crippen LogP contribution >= 0.6 is 11.6 Å². The Balaban J connectivity index is 1.74. The maximum atomic E-state index is 13.5. The van der Waals surface area contributed by atoms with Crippen LogP contribution < -0.4 is 5.32 Å². The number of halogens is 2. The minimum atomic E-state index is -0.476. The molecule has 0 bridgehead atoms. The van der Waals surface area contributed by atoms with Crippen LogP contribution in [0.3, 0.4) is 0 Å². The van der Waals surface area contributed by atoms with Crippen LogP contribution in [0.2, 0.25) is 5.02 Å². The summed E-state index contributed by atoms with van der Waals surface area (Å²) in [6.07, 6.45) is 5.57. The molecule has 1 saturated carbocycles. The number of rotatable bonds is 3. The zero-order valence-corrected chi connectivity index (χ0v) is 11.7. The number of benzene rings is 1. The molecule has 1 fully saturated rings. The standard InChI is InChI=1S/C14H11ClFN5/c15-10-4-1-8(5-11(10)16)20-13-12-14(18-6-17-13)21(7-19-12)9-2-3-9/h1,4-7,9H,2-3H2,(H,17,18,20). The number of hydrogen-bond acceptors (Lipinski definition) is 4. The average molecular weight is 304 g/mol. The number of imidazole rings is 1. The Morgan fingerprint density at radius 2 is 2.10 bits per heavy atom. The Morgan fingerprint density at radius 3 is 2.86 bits per heavy atom. The first-order valence-corrected chi connectivity index (χ1v) is 7.00. The van der Waals surface area contributed by atoms with Gasteiger partial charge < -0.3 is 9.88 Å². The van der Waals surface area contributed by atoms with Crippen LogP contribution in [-0.4, -0.2) is 19.5 Å². The molecule has 1 aromatic carbocycles. The highest BCUT2D eigenvalue weighted by Crippen LogP contribution is 2.37. The first-order valence-electron chi connectivity index (χ1n) is 6.62. The number of nitrogens with one attached hydrogen (secondary N) is 1. The van der Waals surface area contributed by atoms with Gasteiger partial charge in [0.1, 0.15) is 12.1 Å². The van der Waals surface area contributed by atoms with E-state index in [4.69, 9.17) is 11.6 Å². The Labute approximate surface area is 124 Å². The summed E-state index contributed by atoms with van der Waals surface area (Å²) in [5.41, 5.74) is 2.04. The van der Waals surface area contributed by atoms with E-state index in [2.05, 4.69) is 24.8 Å². The Morgan fingerprint density at radius 1 is 1.24 bits per heavy atom. The van der Waals surface area contributed by atoms with E-state index in [-0.39, 0.29) is 5.02 Å². The Hall–Kier alpha value is -2.21. The van der Waals surface area contributed by atoms with Gasteiger partial charge in [0.25, 0.3) is 0 Å². The molecule has 0 aliphatic heterocycles. The summed E-state index contributed by atoms with van der Waals surface area (Å²) < 4.78 is 15.5. The van der Waals surface area contributed by atoms with E-state index < -0.39 is 5.82 Å². The molecule has 2 aromatic heterocycles. The largest absolute Gasteiger partial charge is 0.338 e. The first-order chi connectivity index (χ1) is 10.2. The van der Waals surface area contributed by atoms with Crippen molar-refractivity contribution in [1.29, 1.82) is 0 Å². The molecule has 106 valence electrons. The van der Waals surface area contributed by atoms with Crippen molar-refractivity contribution < 1.29 is 4.39 Å². The van der Waals surface area contributed by atoms with E-state index in [1.807, 2.05) is 0 Å². The molecule has 0 atom stereocenters. The van der Waals surface area contributed by atoms with Gasteiger partial charge in [0, 0.05) is 11.7 Å². The predicted octanol–water partition coefficient (Wildman–Crippen LogP) is 3.70. The van der Waals surface area contributed by atoms with Gasteiger partial charge in [-0.2, -0.15) is 0 Å². The van der Waals surface area contributed by atoms with Crippen LogP contribution in [-0.2, 0) is 0 Å². The number of fused-ring (bicyclic) bond motifs is 1. The van der Waals surface area contributed by atoms with Gasteiger partial charge in [-0.1, -0.05) is 11.6 Å². The number of aromatic nitrogens is 4. The molecule has 0 spiro atoms. The molecule has 1 aliphatic carbocycles. The average Bonchev–Trinajstić information content (AvgIpc) is 3.23. The van der Waals surface area contributed by atoms with Gasteiger partial charge in [0.15, 0.2) is 17.0 Å².